The van der Waals surface area contributed by atoms with E-state index in [9.17, 15) is 26.7 Å². The van der Waals surface area contributed by atoms with E-state index in [1.54, 1.807) is 19.1 Å². The summed E-state index contributed by atoms with van der Waals surface area (Å²) in [6.07, 6.45) is 0.946. The van der Waals surface area contributed by atoms with Crippen molar-refractivity contribution in [2.24, 2.45) is 16.6 Å². The van der Waals surface area contributed by atoms with Crippen LogP contribution in [0.5, 0.6) is 11.8 Å². The minimum atomic E-state index is -4.66. The van der Waals surface area contributed by atoms with Crippen molar-refractivity contribution in [2.45, 2.75) is 41.5 Å². The maximum absolute atomic E-state index is 13.3. The van der Waals surface area contributed by atoms with Gasteiger partial charge in [0.25, 0.3) is 0 Å². The Morgan fingerprint density at radius 1 is 1.18 bits per heavy atom. The standard InChI is InChI=1S/C29H29F3IN6O4S/c1-2-22(44(41)42)9-17-3-6-19(29(30,31)32)11-25(17)39-27(40)38-20-14-36-28(37-15-20)43-21-7-4-16(5-8-21)23-10-18(24-12-33-24)13-35-26(23)34/h3-8,11,13-15,18,22,24H,2,9-10,12,34H2,1H3,(H,41,42)(H2,38,39,40)/q-1/p-1. The second-order valence-electron chi connectivity index (χ2n) is 10.2. The number of carbonyl (C=O) groups is 1. The molecular weight excluding hydrogens is 712 g/mol. The number of alkyl halides is 5. The summed E-state index contributed by atoms with van der Waals surface area (Å²) in [6, 6.07) is 9.28. The SMILES string of the molecule is CCC(Cc1ccc(C(F)(F)F)cc1NC(=O)Nc1cnc(Oc2ccc(C3=C(N)N=CC(C4C[I-]4)C3)cc2)nc1)S(=O)[O-]. The van der Waals surface area contributed by atoms with Crippen molar-refractivity contribution < 1.29 is 52.7 Å². The number of carbonyl (C=O) groups excluding carboxylic acids is 1. The Bertz CT molecular complexity index is 1600. The van der Waals surface area contributed by atoms with Gasteiger partial charge in [0.05, 0.1) is 11.3 Å². The molecule has 2 aromatic carbocycles. The molecule has 4 unspecified atom stereocenters. The molecule has 0 radical (unpaired) electrons. The third-order valence-corrected chi connectivity index (χ3v) is 11.0. The number of aliphatic imine (C=N–C) groups is 1. The maximum atomic E-state index is 13.3. The molecule has 0 bridgehead atoms. The molecule has 44 heavy (non-hydrogen) atoms. The molecule has 2 aliphatic heterocycles. The van der Waals surface area contributed by atoms with Gasteiger partial charge in [0.15, 0.2) is 0 Å². The van der Waals surface area contributed by atoms with Crippen molar-refractivity contribution in [3.63, 3.8) is 0 Å². The number of allylic oxidation sites excluding steroid dienone is 1. The number of rotatable bonds is 10. The molecule has 0 saturated carbocycles. The van der Waals surface area contributed by atoms with Gasteiger partial charge in [0.2, 0.25) is 0 Å². The molecule has 1 aromatic heterocycles. The topological polar surface area (TPSA) is 155 Å². The van der Waals surface area contributed by atoms with Gasteiger partial charge < -0.3 is 15.2 Å². The number of ether oxygens (including phenoxy) is 1. The number of nitrogens with one attached hydrogen (secondary N) is 2. The number of anilines is 2. The van der Waals surface area contributed by atoms with Crippen molar-refractivity contribution in [3.05, 3.63) is 77.4 Å². The number of benzene rings is 2. The summed E-state index contributed by atoms with van der Waals surface area (Å²) in [4.78, 5) is 25.3. The van der Waals surface area contributed by atoms with Gasteiger partial charge in [0, 0.05) is 10.9 Å². The minimum Gasteiger partial charge on any atom is -0.772 e. The van der Waals surface area contributed by atoms with Crippen LogP contribution in [0.3, 0.4) is 0 Å². The number of halogens is 4. The zero-order valence-corrected chi connectivity index (χ0v) is 26.3. The summed E-state index contributed by atoms with van der Waals surface area (Å²) in [5, 5.41) is 4.02. The monoisotopic (exact) mass is 740 g/mol. The van der Waals surface area contributed by atoms with Crippen molar-refractivity contribution in [2.75, 3.05) is 15.1 Å². The van der Waals surface area contributed by atoms with Crippen LogP contribution >= 0.6 is 0 Å². The first-order valence-corrected chi connectivity index (χ1v) is 17.5. The van der Waals surface area contributed by atoms with Gasteiger partial charge >= 0.3 is 151 Å². The molecule has 2 amide bonds. The fraction of sp³-hybridized carbons (Fsp3) is 0.310. The summed E-state index contributed by atoms with van der Waals surface area (Å²) in [6.45, 7) is 1.65. The van der Waals surface area contributed by atoms with Crippen LogP contribution in [-0.2, 0) is 23.7 Å². The molecular formula is C29H28F3IN6O4S-2. The van der Waals surface area contributed by atoms with E-state index < -0.39 is 34.1 Å². The first kappa shape index (κ1) is 31.8. The Morgan fingerprint density at radius 3 is 2.50 bits per heavy atom. The summed E-state index contributed by atoms with van der Waals surface area (Å²) in [7, 11) is 0. The van der Waals surface area contributed by atoms with Crippen LogP contribution in [-0.4, -0.2) is 44.6 Å². The average molecular weight is 741 g/mol. The normalized spacial score (nSPS) is 19.5. The summed E-state index contributed by atoms with van der Waals surface area (Å²) < 4.78 is 70.8. The van der Waals surface area contributed by atoms with Crippen LogP contribution in [0.25, 0.3) is 5.57 Å². The molecule has 4 N–H and O–H groups in total. The molecule has 5 rings (SSSR count). The average Bonchev–Trinajstić information content (AvgIpc) is 3.83. The molecule has 1 fully saturated rings. The summed E-state index contributed by atoms with van der Waals surface area (Å²) in [5.41, 5.74) is 7.39. The van der Waals surface area contributed by atoms with E-state index in [0.29, 0.717) is 38.7 Å². The molecule has 10 nitrogen and oxygen atoms in total. The first-order chi connectivity index (χ1) is 21.0. The van der Waals surface area contributed by atoms with E-state index in [0.717, 1.165) is 39.7 Å². The van der Waals surface area contributed by atoms with Gasteiger partial charge in [-0.2, -0.15) is 13.2 Å². The predicted octanol–water partition coefficient (Wildman–Crippen LogP) is 2.32. The van der Waals surface area contributed by atoms with Crippen LogP contribution in [0, 0.1) is 5.92 Å². The zero-order valence-electron chi connectivity index (χ0n) is 23.3. The Morgan fingerprint density at radius 2 is 1.89 bits per heavy atom. The van der Waals surface area contributed by atoms with Crippen LogP contribution in [0.15, 0.2) is 65.7 Å². The van der Waals surface area contributed by atoms with Gasteiger partial charge in [-0.15, -0.1) is 0 Å². The fourth-order valence-electron chi connectivity index (χ4n) is 4.60. The quantitative estimate of drug-likeness (QED) is 0.164. The first-order valence-electron chi connectivity index (χ1n) is 13.6. The number of aromatic nitrogens is 2. The third-order valence-electron chi connectivity index (χ3n) is 7.11. The molecule has 0 spiro atoms. The number of nitrogens with zero attached hydrogens (tertiary/aromatic N) is 3. The Balaban J connectivity index is 1.21. The van der Waals surface area contributed by atoms with E-state index in [2.05, 4.69) is 25.6 Å². The van der Waals surface area contributed by atoms with Crippen molar-refractivity contribution >= 4 is 40.3 Å². The fourth-order valence-corrected chi connectivity index (χ4v) is 7.23. The third kappa shape index (κ3) is 8.12. The summed E-state index contributed by atoms with van der Waals surface area (Å²) >= 11 is -2.13. The molecule has 234 valence electrons. The van der Waals surface area contributed by atoms with E-state index in [-0.39, 0.29) is 35.8 Å². The van der Waals surface area contributed by atoms with Gasteiger partial charge in [0.1, 0.15) is 0 Å². The Hall–Kier alpha value is -3.57. The van der Waals surface area contributed by atoms with Gasteiger partial charge in [-0.05, 0) is 30.5 Å². The molecule has 0 aliphatic carbocycles. The number of hydrogen-bond acceptors (Lipinski definition) is 8. The van der Waals surface area contributed by atoms with E-state index >= 15 is 0 Å². The van der Waals surface area contributed by atoms with Crippen molar-refractivity contribution in [3.8, 4) is 11.8 Å². The zero-order chi connectivity index (χ0) is 31.4. The number of nitrogens with two attached hydrogens (primary N) is 1. The predicted molar refractivity (Wildman–Crippen MR) is 156 cm³/mol. The second-order valence-corrected chi connectivity index (χ2v) is 14.7. The number of hydrogen-bond donors (Lipinski definition) is 3. The molecule has 2 aliphatic rings. The van der Waals surface area contributed by atoms with Crippen molar-refractivity contribution in [1.29, 1.82) is 0 Å². The summed E-state index contributed by atoms with van der Waals surface area (Å²) in [5.74, 6) is 1.47. The molecule has 15 heteroatoms. The van der Waals surface area contributed by atoms with E-state index in [1.165, 1.54) is 16.8 Å². The number of amides is 2. The minimum absolute atomic E-state index is 0.0128. The second kappa shape index (κ2) is 13.6. The molecule has 4 atom stereocenters. The molecule has 3 heterocycles. The number of urea groups is 1. The van der Waals surface area contributed by atoms with Crippen LogP contribution in [0.2, 0.25) is 0 Å². The van der Waals surface area contributed by atoms with Gasteiger partial charge in [-0.25, -0.2) is 4.79 Å². The molecule has 3 aromatic rings. The Labute approximate surface area is 264 Å². The molecule has 1 saturated heterocycles. The van der Waals surface area contributed by atoms with Crippen LogP contribution < -0.4 is 42.3 Å². The smallest absolute Gasteiger partial charge is 0.772 e. The van der Waals surface area contributed by atoms with E-state index in [1.807, 2.05) is 18.3 Å². The van der Waals surface area contributed by atoms with Crippen LogP contribution in [0.4, 0.5) is 29.3 Å². The van der Waals surface area contributed by atoms with Gasteiger partial charge in [-0.3, -0.25) is 4.21 Å². The Kier molecular flexibility index (Phi) is 9.84. The van der Waals surface area contributed by atoms with Crippen LogP contribution in [0.1, 0.15) is 36.5 Å². The van der Waals surface area contributed by atoms with E-state index in [4.69, 9.17) is 10.5 Å². The van der Waals surface area contributed by atoms with Crippen molar-refractivity contribution in [1.82, 2.24) is 9.97 Å². The van der Waals surface area contributed by atoms with Gasteiger partial charge in [-0.1, -0.05) is 24.1 Å².